The van der Waals surface area contributed by atoms with Gasteiger partial charge >= 0.3 is 12.0 Å². The molecule has 0 bridgehead atoms. The molecule has 0 aliphatic heterocycles. The molecule has 0 radical (unpaired) electrons. The number of nitrogens with one attached hydrogen (secondary N) is 1. The van der Waals surface area contributed by atoms with E-state index in [1.54, 1.807) is 0 Å². The van der Waals surface area contributed by atoms with Crippen LogP contribution in [0.4, 0.5) is 4.79 Å². The van der Waals surface area contributed by atoms with Gasteiger partial charge in [0.2, 0.25) is 0 Å². The highest BCUT2D eigenvalue weighted by Gasteiger charge is 2.25. The smallest absolute Gasteiger partial charge is 0.317 e. The summed E-state index contributed by atoms with van der Waals surface area (Å²) in [5.74, 6) is -0.362. The maximum atomic E-state index is 12.2. The standard InChI is InChI=1S/C16H30N2O3/c1-3-13(9-10-15(19)20)11-12-17-16(21)18(4-2)14-7-5-6-8-14/h13-14H,3-12H2,1-2H3,(H,17,21)(H,19,20). The quantitative estimate of drug-likeness (QED) is 0.686. The number of hydrogen-bond donors (Lipinski definition) is 2. The highest BCUT2D eigenvalue weighted by Crippen LogP contribution is 2.23. The van der Waals surface area contributed by atoms with Gasteiger partial charge in [-0.2, -0.15) is 0 Å². The summed E-state index contributed by atoms with van der Waals surface area (Å²) in [7, 11) is 0. The number of nitrogens with zero attached hydrogens (tertiary/aromatic N) is 1. The first-order chi connectivity index (χ1) is 10.1. The molecule has 1 rings (SSSR count). The predicted octanol–water partition coefficient (Wildman–Crippen LogP) is 3.24. The number of rotatable bonds is 9. The van der Waals surface area contributed by atoms with Crippen LogP contribution < -0.4 is 5.32 Å². The highest BCUT2D eigenvalue weighted by molar-refractivity contribution is 5.74. The number of amides is 2. The number of carbonyl (C=O) groups is 2. The molecule has 2 amide bonds. The molecule has 1 aliphatic carbocycles. The topological polar surface area (TPSA) is 69.6 Å². The monoisotopic (exact) mass is 298 g/mol. The van der Waals surface area contributed by atoms with E-state index in [0.29, 0.717) is 24.9 Å². The van der Waals surface area contributed by atoms with Crippen LogP contribution in [0.25, 0.3) is 0 Å². The van der Waals surface area contributed by atoms with E-state index in [1.165, 1.54) is 12.8 Å². The minimum Gasteiger partial charge on any atom is -0.481 e. The Hall–Kier alpha value is -1.26. The van der Waals surface area contributed by atoms with Gasteiger partial charge in [0.05, 0.1) is 0 Å². The van der Waals surface area contributed by atoms with Gasteiger partial charge in [-0.15, -0.1) is 0 Å². The number of aliphatic carboxylic acids is 1. The lowest BCUT2D eigenvalue weighted by Crippen LogP contribution is -2.45. The Kier molecular flexibility index (Phi) is 8.16. The molecule has 5 heteroatoms. The van der Waals surface area contributed by atoms with Gasteiger partial charge in [0.25, 0.3) is 0 Å². The molecule has 1 aliphatic rings. The minimum absolute atomic E-state index is 0.0393. The van der Waals surface area contributed by atoms with Crippen LogP contribution in [0.15, 0.2) is 0 Å². The second-order valence-corrected chi connectivity index (χ2v) is 5.95. The minimum atomic E-state index is -0.740. The lowest BCUT2D eigenvalue weighted by Gasteiger charge is -2.28. The first kappa shape index (κ1) is 17.8. The number of carboxylic acids is 1. The van der Waals surface area contributed by atoms with Crippen LogP contribution >= 0.6 is 0 Å². The third-order valence-corrected chi connectivity index (χ3v) is 4.54. The fourth-order valence-corrected chi connectivity index (χ4v) is 3.15. The van der Waals surface area contributed by atoms with Gasteiger partial charge in [-0.3, -0.25) is 4.79 Å². The Balaban J connectivity index is 2.28. The van der Waals surface area contributed by atoms with E-state index in [9.17, 15) is 9.59 Å². The van der Waals surface area contributed by atoms with Crippen molar-refractivity contribution in [2.75, 3.05) is 13.1 Å². The van der Waals surface area contributed by atoms with E-state index in [0.717, 1.165) is 32.2 Å². The van der Waals surface area contributed by atoms with E-state index in [4.69, 9.17) is 5.11 Å². The second-order valence-electron chi connectivity index (χ2n) is 5.95. The van der Waals surface area contributed by atoms with E-state index in [1.807, 2.05) is 11.8 Å². The summed E-state index contributed by atoms with van der Waals surface area (Å²) >= 11 is 0. The number of carboxylic acid groups (broad SMARTS) is 1. The van der Waals surface area contributed by atoms with Crippen LogP contribution in [0.2, 0.25) is 0 Å². The number of hydrogen-bond acceptors (Lipinski definition) is 2. The fraction of sp³-hybridized carbons (Fsp3) is 0.875. The molecular weight excluding hydrogens is 268 g/mol. The molecule has 1 atom stereocenters. The molecule has 2 N–H and O–H groups in total. The van der Waals surface area contributed by atoms with Gasteiger partial charge in [-0.25, -0.2) is 4.79 Å². The van der Waals surface area contributed by atoms with Crippen LogP contribution in [0, 0.1) is 5.92 Å². The maximum Gasteiger partial charge on any atom is 0.317 e. The lowest BCUT2D eigenvalue weighted by molar-refractivity contribution is -0.137. The van der Waals surface area contributed by atoms with Gasteiger partial charge in [0.15, 0.2) is 0 Å². The average Bonchev–Trinajstić information content (AvgIpc) is 2.97. The zero-order chi connectivity index (χ0) is 15.7. The first-order valence-electron chi connectivity index (χ1n) is 8.34. The number of carbonyl (C=O) groups excluding carboxylic acids is 1. The Morgan fingerprint density at radius 1 is 1.24 bits per heavy atom. The molecule has 1 saturated carbocycles. The number of urea groups is 1. The molecule has 0 saturated heterocycles. The average molecular weight is 298 g/mol. The van der Waals surface area contributed by atoms with Crippen LogP contribution in [-0.2, 0) is 4.79 Å². The largest absolute Gasteiger partial charge is 0.481 e. The van der Waals surface area contributed by atoms with Gasteiger partial charge in [-0.1, -0.05) is 26.2 Å². The maximum absolute atomic E-state index is 12.2. The molecule has 122 valence electrons. The van der Waals surface area contributed by atoms with Gasteiger partial charge < -0.3 is 15.3 Å². The Bertz CT molecular complexity index is 327. The predicted molar refractivity (Wildman–Crippen MR) is 83.3 cm³/mol. The van der Waals surface area contributed by atoms with Crippen LogP contribution in [0.1, 0.15) is 65.2 Å². The van der Waals surface area contributed by atoms with Crippen molar-refractivity contribution in [3.8, 4) is 0 Å². The van der Waals surface area contributed by atoms with Crippen molar-refractivity contribution in [2.45, 2.75) is 71.3 Å². The van der Waals surface area contributed by atoms with E-state index in [2.05, 4.69) is 12.2 Å². The Morgan fingerprint density at radius 3 is 2.43 bits per heavy atom. The summed E-state index contributed by atoms with van der Waals surface area (Å²) in [6.45, 7) is 5.50. The van der Waals surface area contributed by atoms with Crippen molar-refractivity contribution in [1.29, 1.82) is 0 Å². The third kappa shape index (κ3) is 6.36. The zero-order valence-electron chi connectivity index (χ0n) is 13.4. The van der Waals surface area contributed by atoms with Gasteiger partial charge in [0.1, 0.15) is 0 Å². The molecule has 5 nitrogen and oxygen atoms in total. The molecule has 0 heterocycles. The van der Waals surface area contributed by atoms with Gasteiger partial charge in [0, 0.05) is 25.6 Å². The van der Waals surface area contributed by atoms with Crippen molar-refractivity contribution >= 4 is 12.0 Å². The Labute approximate surface area is 128 Å². The van der Waals surface area contributed by atoms with Crippen molar-refractivity contribution in [1.82, 2.24) is 10.2 Å². The lowest BCUT2D eigenvalue weighted by atomic mass is 9.97. The van der Waals surface area contributed by atoms with Crippen molar-refractivity contribution < 1.29 is 14.7 Å². The molecule has 21 heavy (non-hydrogen) atoms. The van der Waals surface area contributed by atoms with Crippen molar-refractivity contribution in [2.24, 2.45) is 5.92 Å². The molecule has 1 unspecified atom stereocenters. The van der Waals surface area contributed by atoms with E-state index >= 15 is 0 Å². The first-order valence-corrected chi connectivity index (χ1v) is 8.34. The summed E-state index contributed by atoms with van der Waals surface area (Å²) in [6, 6.07) is 0.446. The summed E-state index contributed by atoms with van der Waals surface area (Å²) in [4.78, 5) is 24.8. The second kappa shape index (κ2) is 9.64. The molecule has 0 spiro atoms. The van der Waals surface area contributed by atoms with Crippen LogP contribution in [-0.4, -0.2) is 41.1 Å². The zero-order valence-corrected chi connectivity index (χ0v) is 13.4. The summed E-state index contributed by atoms with van der Waals surface area (Å²) < 4.78 is 0. The molecule has 0 aromatic heterocycles. The molecule has 0 aromatic carbocycles. The third-order valence-electron chi connectivity index (χ3n) is 4.54. The van der Waals surface area contributed by atoms with Crippen molar-refractivity contribution in [3.05, 3.63) is 0 Å². The SMILES string of the molecule is CCC(CCNC(=O)N(CC)C1CCCC1)CCC(=O)O. The molecular formula is C16H30N2O3. The van der Waals surface area contributed by atoms with E-state index in [-0.39, 0.29) is 12.5 Å². The van der Waals surface area contributed by atoms with Gasteiger partial charge in [-0.05, 0) is 38.5 Å². The molecule has 1 fully saturated rings. The normalized spacial score (nSPS) is 16.7. The van der Waals surface area contributed by atoms with Crippen molar-refractivity contribution in [3.63, 3.8) is 0 Å². The van der Waals surface area contributed by atoms with Crippen LogP contribution in [0.5, 0.6) is 0 Å². The van der Waals surface area contributed by atoms with E-state index < -0.39 is 5.97 Å². The summed E-state index contributed by atoms with van der Waals surface area (Å²) in [5.41, 5.74) is 0. The summed E-state index contributed by atoms with van der Waals surface area (Å²) in [5, 5.41) is 11.7. The Morgan fingerprint density at radius 2 is 1.90 bits per heavy atom. The fourth-order valence-electron chi connectivity index (χ4n) is 3.15. The highest BCUT2D eigenvalue weighted by atomic mass is 16.4. The van der Waals surface area contributed by atoms with Crippen LogP contribution in [0.3, 0.4) is 0 Å². The summed E-state index contributed by atoms with van der Waals surface area (Å²) in [6.07, 6.45) is 7.43. The molecule has 0 aromatic rings.